The van der Waals surface area contributed by atoms with Crippen LogP contribution >= 0.6 is 0 Å². The molecule has 5 nitrogen and oxygen atoms in total. The van der Waals surface area contributed by atoms with Gasteiger partial charge in [0.1, 0.15) is 0 Å². The van der Waals surface area contributed by atoms with E-state index in [1.54, 1.807) is 0 Å². The Morgan fingerprint density at radius 2 is 1.92 bits per heavy atom. The van der Waals surface area contributed by atoms with Crippen LogP contribution in [0.4, 0.5) is 12.7 Å². The molecule has 0 N–H and O–H groups in total. The maximum Gasteiger partial charge on any atom is 0.368 e. The molecule has 1 aromatic heterocycles. The van der Waals surface area contributed by atoms with Gasteiger partial charge in [-0.15, -0.1) is 10.2 Å². The van der Waals surface area contributed by atoms with Gasteiger partial charge in [-0.2, -0.15) is 8.42 Å². The molecule has 0 spiro atoms. The summed E-state index contributed by atoms with van der Waals surface area (Å²) < 4.78 is 57.1. The molecule has 0 amide bonds. The molecule has 0 aliphatic carbocycles. The monoisotopic (exact) mass is 215 g/mol. The summed E-state index contributed by atoms with van der Waals surface area (Å²) in [7, 11) is -4.15. The SMILES string of the molecule is Cn1c(C(F)F)nnc1S(=O)(=O)F. The Kier molecular flexibility index (Phi) is 2.28. The van der Waals surface area contributed by atoms with Crippen LogP contribution in [-0.2, 0) is 17.3 Å². The van der Waals surface area contributed by atoms with E-state index in [4.69, 9.17) is 0 Å². The van der Waals surface area contributed by atoms with Crippen LogP contribution in [0.25, 0.3) is 0 Å². The number of halogens is 3. The van der Waals surface area contributed by atoms with Crippen molar-refractivity contribution in [3.8, 4) is 0 Å². The second kappa shape index (κ2) is 2.98. The van der Waals surface area contributed by atoms with Crippen molar-refractivity contribution in [1.29, 1.82) is 0 Å². The Balaban J connectivity index is 3.30. The van der Waals surface area contributed by atoms with Crippen LogP contribution in [0, 0.1) is 0 Å². The molecule has 1 rings (SSSR count). The van der Waals surface area contributed by atoms with E-state index in [1.807, 2.05) is 0 Å². The van der Waals surface area contributed by atoms with Crippen molar-refractivity contribution in [2.24, 2.45) is 7.05 Å². The average molecular weight is 215 g/mol. The number of hydrogen-bond donors (Lipinski definition) is 0. The average Bonchev–Trinajstić information content (AvgIpc) is 2.28. The van der Waals surface area contributed by atoms with Gasteiger partial charge >= 0.3 is 10.2 Å². The Morgan fingerprint density at radius 3 is 2.15 bits per heavy atom. The first-order valence-electron chi connectivity index (χ1n) is 2.96. The fraction of sp³-hybridized carbons (Fsp3) is 0.500. The molecule has 0 aliphatic rings. The van der Waals surface area contributed by atoms with Crippen LogP contribution in [0.5, 0.6) is 0 Å². The van der Waals surface area contributed by atoms with Crippen molar-refractivity contribution in [3.63, 3.8) is 0 Å². The van der Waals surface area contributed by atoms with Gasteiger partial charge in [0, 0.05) is 7.05 Å². The van der Waals surface area contributed by atoms with Crippen molar-refractivity contribution in [2.75, 3.05) is 0 Å². The van der Waals surface area contributed by atoms with Crippen LogP contribution < -0.4 is 0 Å². The van der Waals surface area contributed by atoms with Crippen LogP contribution in [0.1, 0.15) is 12.2 Å². The number of rotatable bonds is 2. The molecule has 0 fully saturated rings. The summed E-state index contributed by atoms with van der Waals surface area (Å²) in [6, 6.07) is 0. The van der Waals surface area contributed by atoms with Crippen LogP contribution in [0.2, 0.25) is 0 Å². The highest BCUT2D eigenvalue weighted by Gasteiger charge is 2.25. The van der Waals surface area contributed by atoms with Gasteiger partial charge in [0.15, 0.2) is 0 Å². The third kappa shape index (κ3) is 1.79. The first-order chi connectivity index (χ1) is 5.84. The Bertz CT molecular complexity index is 412. The van der Waals surface area contributed by atoms with Gasteiger partial charge in [0.25, 0.3) is 11.6 Å². The molecule has 1 aromatic rings. The maximum absolute atomic E-state index is 12.3. The second-order valence-corrected chi connectivity index (χ2v) is 3.38. The lowest BCUT2D eigenvalue weighted by molar-refractivity contribution is 0.135. The molecule has 0 saturated heterocycles. The molecular weight excluding hydrogens is 211 g/mol. The van der Waals surface area contributed by atoms with Gasteiger partial charge < -0.3 is 0 Å². The third-order valence-electron chi connectivity index (χ3n) is 1.28. The predicted octanol–water partition coefficient (Wildman–Crippen LogP) is 0.411. The molecular formula is C4H4F3N3O2S. The molecule has 0 unspecified atom stereocenters. The summed E-state index contributed by atoms with van der Waals surface area (Å²) in [6.45, 7) is 0. The number of alkyl halides is 2. The molecule has 0 atom stereocenters. The molecule has 1 heterocycles. The second-order valence-electron chi connectivity index (χ2n) is 2.14. The summed E-state index contributed by atoms with van der Waals surface area (Å²) in [5.74, 6) is -0.892. The molecule has 0 saturated carbocycles. The normalized spacial score (nSPS) is 12.4. The molecule has 0 bridgehead atoms. The van der Waals surface area contributed by atoms with Gasteiger partial charge in [-0.05, 0) is 0 Å². The van der Waals surface area contributed by atoms with Crippen LogP contribution in [-0.4, -0.2) is 23.2 Å². The predicted molar refractivity (Wildman–Crippen MR) is 34.3 cm³/mol. The smallest absolute Gasteiger partial charge is 0.298 e. The summed E-state index contributed by atoms with van der Waals surface area (Å²) >= 11 is 0. The minimum absolute atomic E-state index is 0.389. The highest BCUT2D eigenvalue weighted by atomic mass is 32.3. The van der Waals surface area contributed by atoms with E-state index in [1.165, 1.54) is 0 Å². The number of hydrogen-bond acceptors (Lipinski definition) is 4. The van der Waals surface area contributed by atoms with Crippen LogP contribution in [0.15, 0.2) is 5.16 Å². The minimum Gasteiger partial charge on any atom is -0.298 e. The van der Waals surface area contributed by atoms with Gasteiger partial charge in [-0.1, -0.05) is 3.89 Å². The Labute approximate surface area is 71.4 Å². The standard InChI is InChI=1S/C4H4F3N3O2S/c1-10-3(2(5)6)8-9-4(10)13(7,11)12/h2H,1H3. The van der Waals surface area contributed by atoms with Crippen molar-refractivity contribution in [2.45, 2.75) is 11.6 Å². The van der Waals surface area contributed by atoms with E-state index >= 15 is 0 Å². The first-order valence-corrected chi connectivity index (χ1v) is 4.34. The zero-order valence-electron chi connectivity index (χ0n) is 6.28. The zero-order chi connectivity index (χ0) is 10.2. The van der Waals surface area contributed by atoms with Gasteiger partial charge in [-0.25, -0.2) is 8.78 Å². The van der Waals surface area contributed by atoms with Crippen molar-refractivity contribution in [3.05, 3.63) is 5.82 Å². The molecule has 9 heteroatoms. The van der Waals surface area contributed by atoms with E-state index in [9.17, 15) is 21.1 Å². The summed E-state index contributed by atoms with van der Waals surface area (Å²) in [5.41, 5.74) is 0. The van der Waals surface area contributed by atoms with E-state index in [2.05, 4.69) is 10.2 Å². The summed E-state index contributed by atoms with van der Waals surface area (Å²) in [6.07, 6.45) is -2.99. The lowest BCUT2D eigenvalue weighted by Crippen LogP contribution is -2.05. The quantitative estimate of drug-likeness (QED) is 0.670. The molecule has 0 radical (unpaired) electrons. The Morgan fingerprint density at radius 1 is 1.38 bits per heavy atom. The van der Waals surface area contributed by atoms with Crippen molar-refractivity contribution in [1.82, 2.24) is 14.8 Å². The highest BCUT2D eigenvalue weighted by molar-refractivity contribution is 7.86. The molecule has 13 heavy (non-hydrogen) atoms. The van der Waals surface area contributed by atoms with E-state index in [0.717, 1.165) is 7.05 Å². The van der Waals surface area contributed by atoms with E-state index in [-0.39, 0.29) is 0 Å². The highest BCUT2D eigenvalue weighted by Crippen LogP contribution is 2.18. The number of nitrogens with zero attached hydrogens (tertiary/aromatic N) is 3. The molecule has 0 aliphatic heterocycles. The fourth-order valence-corrected chi connectivity index (χ4v) is 1.29. The Hall–Kier alpha value is -1.12. The maximum atomic E-state index is 12.3. The van der Waals surface area contributed by atoms with Crippen molar-refractivity contribution >= 4 is 10.2 Å². The van der Waals surface area contributed by atoms with Gasteiger partial charge in [0.05, 0.1) is 0 Å². The first kappa shape index (κ1) is 9.96. The van der Waals surface area contributed by atoms with Crippen molar-refractivity contribution < 1.29 is 21.1 Å². The fourth-order valence-electron chi connectivity index (χ4n) is 0.729. The summed E-state index contributed by atoms with van der Waals surface area (Å²) in [5, 5.41) is 4.48. The van der Waals surface area contributed by atoms with E-state index in [0.29, 0.717) is 4.57 Å². The van der Waals surface area contributed by atoms with Gasteiger partial charge in [-0.3, -0.25) is 4.57 Å². The van der Waals surface area contributed by atoms with E-state index < -0.39 is 27.6 Å². The third-order valence-corrected chi connectivity index (χ3v) is 2.07. The lowest BCUT2D eigenvalue weighted by atomic mass is 10.6. The molecule has 0 aromatic carbocycles. The topological polar surface area (TPSA) is 64.8 Å². The van der Waals surface area contributed by atoms with Crippen LogP contribution in [0.3, 0.4) is 0 Å². The number of aromatic nitrogens is 3. The largest absolute Gasteiger partial charge is 0.368 e. The lowest BCUT2D eigenvalue weighted by Gasteiger charge is -1.98. The minimum atomic E-state index is -5.09. The zero-order valence-corrected chi connectivity index (χ0v) is 7.09. The van der Waals surface area contributed by atoms with Gasteiger partial charge in [0.2, 0.25) is 5.82 Å². The molecule has 74 valence electrons. The summed E-state index contributed by atoms with van der Waals surface area (Å²) in [4.78, 5) is 0.